The van der Waals surface area contributed by atoms with E-state index in [0.29, 0.717) is 11.3 Å². The third-order valence-electron chi connectivity index (χ3n) is 4.83. The third-order valence-corrected chi connectivity index (χ3v) is 4.83. The fourth-order valence-electron chi connectivity index (χ4n) is 3.13. The smallest absolute Gasteiger partial charge is 0.404 e. The van der Waals surface area contributed by atoms with Crippen molar-refractivity contribution in [2.45, 2.75) is 13.1 Å². The van der Waals surface area contributed by atoms with Gasteiger partial charge >= 0.3 is 6.18 Å². The predicted octanol–water partition coefficient (Wildman–Crippen LogP) is 3.63. The summed E-state index contributed by atoms with van der Waals surface area (Å²) in [6.07, 6.45) is 1.92. The average Bonchev–Trinajstić information content (AvgIpc) is 2.82. The number of amides is 2. The molecular weight excluding hydrogens is 461 g/mol. The summed E-state index contributed by atoms with van der Waals surface area (Å²) in [5, 5.41) is 2.60. The number of carbonyl (C=O) groups excluding carboxylic acids is 2. The molecule has 1 aromatic carbocycles. The first-order valence-corrected chi connectivity index (χ1v) is 10.2. The lowest BCUT2D eigenvalue weighted by Gasteiger charge is -2.12. The maximum Gasteiger partial charge on any atom is 0.407 e. The van der Waals surface area contributed by atoms with Crippen LogP contribution in [0.3, 0.4) is 0 Å². The average molecular weight is 482 g/mol. The number of hydrogen-bond acceptors (Lipinski definition) is 6. The van der Waals surface area contributed by atoms with Crippen molar-refractivity contribution in [1.82, 2.24) is 9.97 Å². The van der Waals surface area contributed by atoms with Crippen LogP contribution in [0.15, 0.2) is 71.8 Å². The van der Waals surface area contributed by atoms with Crippen LogP contribution >= 0.6 is 0 Å². The molecular formula is C24H21F3N6O2. The Balaban J connectivity index is 1.86. The van der Waals surface area contributed by atoms with Crippen LogP contribution in [-0.2, 0) is 4.79 Å². The van der Waals surface area contributed by atoms with E-state index in [9.17, 15) is 22.8 Å². The van der Waals surface area contributed by atoms with Crippen LogP contribution in [0.25, 0.3) is 22.3 Å². The summed E-state index contributed by atoms with van der Waals surface area (Å²) in [4.78, 5) is 35.4. The van der Waals surface area contributed by atoms with E-state index in [1.807, 2.05) is 13.0 Å². The summed E-state index contributed by atoms with van der Waals surface area (Å²) in [5.41, 5.74) is 14.8. The molecule has 0 saturated carbocycles. The van der Waals surface area contributed by atoms with Crippen LogP contribution < -0.4 is 16.8 Å². The number of nitrogens with one attached hydrogen (secondary N) is 1. The second-order valence-electron chi connectivity index (χ2n) is 7.45. The molecule has 3 aromatic rings. The molecule has 0 aliphatic rings. The molecule has 0 unspecified atom stereocenters. The van der Waals surface area contributed by atoms with Crippen LogP contribution in [0.1, 0.15) is 16.1 Å². The van der Waals surface area contributed by atoms with Crippen molar-refractivity contribution in [2.75, 3.05) is 11.9 Å². The van der Waals surface area contributed by atoms with Crippen molar-refractivity contribution in [3.8, 4) is 22.3 Å². The minimum absolute atomic E-state index is 0.122. The van der Waals surface area contributed by atoms with E-state index in [2.05, 4.69) is 20.3 Å². The monoisotopic (exact) mass is 482 g/mol. The number of halogens is 3. The number of primary amides is 1. The van der Waals surface area contributed by atoms with Crippen molar-refractivity contribution in [3.05, 3.63) is 78.0 Å². The Kier molecular flexibility index (Phi) is 7.59. The van der Waals surface area contributed by atoms with Gasteiger partial charge in [-0.2, -0.15) is 13.2 Å². The molecule has 8 nitrogen and oxygen atoms in total. The van der Waals surface area contributed by atoms with E-state index in [4.69, 9.17) is 11.5 Å². The molecule has 0 saturated heterocycles. The van der Waals surface area contributed by atoms with Gasteiger partial charge in [0.1, 0.15) is 12.2 Å². The van der Waals surface area contributed by atoms with Gasteiger partial charge in [-0.15, -0.1) is 0 Å². The Morgan fingerprint density at radius 1 is 1.09 bits per heavy atom. The number of benzene rings is 1. The standard InChI is InChI=1S/C24H21F3N6O2/c1-14-2-3-19(33-23(35)18(9-28)12-31-13-24(25,26)27)8-20(14)17-6-16(10-30-11-17)15-4-5-32-21(7-15)22(29)34/h2-12H,13,28H2,1H3,(H2,29,34)(H,33,35)/b18-9+,31-12?. The lowest BCUT2D eigenvalue weighted by atomic mass is 9.98. The van der Waals surface area contributed by atoms with Gasteiger partial charge in [0, 0.05) is 47.8 Å². The van der Waals surface area contributed by atoms with Crippen LogP contribution in [0.5, 0.6) is 0 Å². The van der Waals surface area contributed by atoms with Crippen LogP contribution in [-0.4, -0.2) is 40.7 Å². The van der Waals surface area contributed by atoms with Gasteiger partial charge in [-0.05, 0) is 53.9 Å². The van der Waals surface area contributed by atoms with Gasteiger partial charge in [-0.1, -0.05) is 6.07 Å². The molecule has 11 heteroatoms. The summed E-state index contributed by atoms with van der Waals surface area (Å²) in [7, 11) is 0. The molecule has 2 aromatic heterocycles. The molecule has 0 fully saturated rings. The highest BCUT2D eigenvalue weighted by atomic mass is 19.4. The Hall–Kier alpha value is -4.54. The highest BCUT2D eigenvalue weighted by Gasteiger charge is 2.26. The largest absolute Gasteiger partial charge is 0.407 e. The van der Waals surface area contributed by atoms with Gasteiger partial charge in [-0.3, -0.25) is 24.5 Å². The summed E-state index contributed by atoms with van der Waals surface area (Å²) in [6, 6.07) is 10.3. The van der Waals surface area contributed by atoms with Gasteiger partial charge in [-0.25, -0.2) is 0 Å². The number of alkyl halides is 3. The zero-order valence-corrected chi connectivity index (χ0v) is 18.5. The number of aliphatic imine (C=N–C) groups is 1. The molecule has 0 bridgehead atoms. The lowest BCUT2D eigenvalue weighted by molar-refractivity contribution is -0.118. The van der Waals surface area contributed by atoms with E-state index < -0.39 is 24.5 Å². The molecule has 0 spiro atoms. The van der Waals surface area contributed by atoms with Gasteiger partial charge in [0.15, 0.2) is 0 Å². The van der Waals surface area contributed by atoms with Gasteiger partial charge < -0.3 is 16.8 Å². The molecule has 5 N–H and O–H groups in total. The Labute approximate surface area is 198 Å². The Morgan fingerprint density at radius 3 is 2.51 bits per heavy atom. The van der Waals surface area contributed by atoms with Crippen molar-refractivity contribution in [2.24, 2.45) is 16.5 Å². The fourth-order valence-corrected chi connectivity index (χ4v) is 3.13. The van der Waals surface area contributed by atoms with Crippen molar-refractivity contribution in [3.63, 3.8) is 0 Å². The number of rotatable bonds is 7. The topological polar surface area (TPSA) is 136 Å². The molecule has 2 heterocycles. The number of carbonyl (C=O) groups is 2. The van der Waals surface area contributed by atoms with Gasteiger partial charge in [0.2, 0.25) is 0 Å². The van der Waals surface area contributed by atoms with Crippen LogP contribution in [0, 0.1) is 6.92 Å². The number of hydrogen-bond donors (Lipinski definition) is 3. The molecule has 180 valence electrons. The number of pyridine rings is 2. The quantitative estimate of drug-likeness (QED) is 0.349. The van der Waals surface area contributed by atoms with Crippen molar-refractivity contribution < 1.29 is 22.8 Å². The Bertz CT molecular complexity index is 1320. The number of nitrogens with two attached hydrogens (primary N) is 2. The lowest BCUT2D eigenvalue weighted by Crippen LogP contribution is -2.18. The summed E-state index contributed by atoms with van der Waals surface area (Å²) >= 11 is 0. The molecule has 0 radical (unpaired) electrons. The first-order valence-electron chi connectivity index (χ1n) is 10.2. The minimum Gasteiger partial charge on any atom is -0.404 e. The molecule has 3 rings (SSSR count). The van der Waals surface area contributed by atoms with Gasteiger partial charge in [0.05, 0.1) is 5.57 Å². The molecule has 2 amide bonds. The zero-order valence-electron chi connectivity index (χ0n) is 18.5. The first-order chi connectivity index (χ1) is 16.6. The first kappa shape index (κ1) is 25.1. The maximum atomic E-state index is 12.5. The summed E-state index contributed by atoms with van der Waals surface area (Å²) in [6.45, 7) is 0.453. The highest BCUT2D eigenvalue weighted by molar-refractivity contribution is 6.17. The molecule has 0 atom stereocenters. The SMILES string of the molecule is Cc1ccc(NC(=O)/C(C=NCC(F)(F)F)=C/N)cc1-c1cncc(-c2ccnc(C(N)=O)c2)c1. The molecule has 0 aliphatic carbocycles. The van der Waals surface area contributed by atoms with Crippen molar-refractivity contribution in [1.29, 1.82) is 0 Å². The second-order valence-corrected chi connectivity index (χ2v) is 7.45. The minimum atomic E-state index is -4.49. The normalized spacial score (nSPS) is 12.1. The van der Waals surface area contributed by atoms with Crippen LogP contribution in [0.2, 0.25) is 0 Å². The zero-order chi connectivity index (χ0) is 25.6. The third kappa shape index (κ3) is 6.73. The highest BCUT2D eigenvalue weighted by Crippen LogP contribution is 2.30. The predicted molar refractivity (Wildman–Crippen MR) is 126 cm³/mol. The van der Waals surface area contributed by atoms with E-state index in [1.54, 1.807) is 42.7 Å². The Morgan fingerprint density at radius 2 is 1.83 bits per heavy atom. The van der Waals surface area contributed by atoms with E-state index >= 15 is 0 Å². The van der Waals surface area contributed by atoms with E-state index in [1.165, 1.54) is 6.20 Å². The van der Waals surface area contributed by atoms with Crippen molar-refractivity contribution >= 4 is 23.7 Å². The van der Waals surface area contributed by atoms with Crippen LogP contribution in [0.4, 0.5) is 18.9 Å². The number of nitrogens with zero attached hydrogens (tertiary/aromatic N) is 3. The molecule has 0 aliphatic heterocycles. The molecule has 35 heavy (non-hydrogen) atoms. The maximum absolute atomic E-state index is 12.5. The summed E-state index contributed by atoms with van der Waals surface area (Å²) < 4.78 is 36.9. The van der Waals surface area contributed by atoms with E-state index in [0.717, 1.165) is 34.7 Å². The second kappa shape index (κ2) is 10.6. The fraction of sp³-hybridized carbons (Fsp3) is 0.125. The van der Waals surface area contributed by atoms with Gasteiger partial charge in [0.25, 0.3) is 11.8 Å². The number of aromatic nitrogens is 2. The van der Waals surface area contributed by atoms with E-state index in [-0.39, 0.29) is 11.3 Å². The number of aryl methyl sites for hydroxylation is 1. The summed E-state index contributed by atoms with van der Waals surface area (Å²) in [5.74, 6) is -1.36. The number of anilines is 1.